The molecule has 0 saturated heterocycles. The zero-order valence-corrected chi connectivity index (χ0v) is 19.2. The maximum Gasteiger partial charge on any atom is 0.282 e. The summed E-state index contributed by atoms with van der Waals surface area (Å²) in [4.78, 5) is 0. The Morgan fingerprint density at radius 2 is 0.852 bits per heavy atom. The summed E-state index contributed by atoms with van der Waals surface area (Å²) in [7, 11) is 0. The average molecular weight is 387 g/mol. The second-order valence-electron chi connectivity index (χ2n) is 7.74. The van der Waals surface area contributed by atoms with Gasteiger partial charge in [0.2, 0.25) is 0 Å². The van der Waals surface area contributed by atoms with Crippen LogP contribution in [0.2, 0.25) is 0 Å². The molecule has 0 heterocycles. The molecule has 0 aliphatic heterocycles. The van der Waals surface area contributed by atoms with E-state index in [4.69, 9.17) is 14.2 Å². The summed E-state index contributed by atoms with van der Waals surface area (Å²) in [6.07, 6.45) is 20.4. The van der Waals surface area contributed by atoms with Crippen LogP contribution in [0.4, 0.5) is 0 Å². The van der Waals surface area contributed by atoms with Gasteiger partial charge in [-0.15, -0.1) is 0 Å². The first-order valence-corrected chi connectivity index (χ1v) is 12.2. The van der Waals surface area contributed by atoms with E-state index >= 15 is 0 Å². The zero-order chi connectivity index (χ0) is 20.1. The Labute approximate surface area is 170 Å². The van der Waals surface area contributed by atoms with E-state index < -0.39 is 5.97 Å². The van der Waals surface area contributed by atoms with Crippen molar-refractivity contribution in [3.8, 4) is 0 Å². The lowest BCUT2D eigenvalue weighted by atomic mass is 10.1. The standard InChI is InChI=1S/C24H50O3/c1-5-9-11-13-15-17-19-21-23-27-24(25-7-3,26-8-4)22-20-18-16-14-12-10-6-2/h5-23H2,1-4H3. The molecule has 0 saturated carbocycles. The molecule has 0 aliphatic carbocycles. The van der Waals surface area contributed by atoms with Gasteiger partial charge < -0.3 is 14.2 Å². The maximum absolute atomic E-state index is 6.16. The van der Waals surface area contributed by atoms with Crippen LogP contribution in [0.15, 0.2) is 0 Å². The molecular formula is C24H50O3. The highest BCUT2D eigenvalue weighted by atomic mass is 16.9. The molecule has 0 bridgehead atoms. The molecule has 0 aliphatic rings. The van der Waals surface area contributed by atoms with Gasteiger partial charge in [-0.05, 0) is 26.7 Å². The Kier molecular flexibility index (Phi) is 20.5. The van der Waals surface area contributed by atoms with Crippen LogP contribution in [0.5, 0.6) is 0 Å². The fraction of sp³-hybridized carbons (Fsp3) is 1.00. The lowest BCUT2D eigenvalue weighted by Crippen LogP contribution is -2.39. The predicted molar refractivity (Wildman–Crippen MR) is 117 cm³/mol. The second-order valence-corrected chi connectivity index (χ2v) is 7.74. The highest BCUT2D eigenvalue weighted by molar-refractivity contribution is 4.60. The van der Waals surface area contributed by atoms with Gasteiger partial charge in [-0.3, -0.25) is 0 Å². The van der Waals surface area contributed by atoms with Crippen LogP contribution in [0, 0.1) is 0 Å². The normalized spacial score (nSPS) is 12.0. The number of hydrogen-bond acceptors (Lipinski definition) is 3. The van der Waals surface area contributed by atoms with Gasteiger partial charge >= 0.3 is 0 Å². The van der Waals surface area contributed by atoms with Gasteiger partial charge in [-0.1, -0.05) is 97.3 Å². The van der Waals surface area contributed by atoms with Gasteiger partial charge in [0.05, 0.1) is 6.61 Å². The molecule has 164 valence electrons. The van der Waals surface area contributed by atoms with E-state index in [-0.39, 0.29) is 0 Å². The molecule has 0 fully saturated rings. The monoisotopic (exact) mass is 386 g/mol. The topological polar surface area (TPSA) is 27.7 Å². The summed E-state index contributed by atoms with van der Waals surface area (Å²) in [6.45, 7) is 10.6. The van der Waals surface area contributed by atoms with E-state index in [1.165, 1.54) is 83.5 Å². The van der Waals surface area contributed by atoms with Crippen molar-refractivity contribution in [3.05, 3.63) is 0 Å². The van der Waals surface area contributed by atoms with Crippen LogP contribution < -0.4 is 0 Å². The quantitative estimate of drug-likeness (QED) is 0.139. The Balaban J connectivity index is 3.99. The summed E-state index contributed by atoms with van der Waals surface area (Å²) < 4.78 is 18.0. The molecule has 27 heavy (non-hydrogen) atoms. The first-order valence-electron chi connectivity index (χ1n) is 12.2. The Morgan fingerprint density at radius 1 is 0.444 bits per heavy atom. The molecule has 0 spiro atoms. The van der Waals surface area contributed by atoms with Gasteiger partial charge in [0.15, 0.2) is 0 Å². The third-order valence-electron chi connectivity index (χ3n) is 5.13. The summed E-state index contributed by atoms with van der Waals surface area (Å²) in [5, 5.41) is 0. The smallest absolute Gasteiger partial charge is 0.282 e. The molecule has 0 unspecified atom stereocenters. The molecule has 0 rings (SSSR count). The summed E-state index contributed by atoms with van der Waals surface area (Å²) >= 11 is 0. The van der Waals surface area contributed by atoms with Gasteiger partial charge in [0, 0.05) is 19.6 Å². The maximum atomic E-state index is 6.16. The zero-order valence-electron chi connectivity index (χ0n) is 19.2. The van der Waals surface area contributed by atoms with Gasteiger partial charge in [-0.2, -0.15) is 0 Å². The van der Waals surface area contributed by atoms with Crippen molar-refractivity contribution in [2.75, 3.05) is 19.8 Å². The van der Waals surface area contributed by atoms with E-state index in [2.05, 4.69) is 13.8 Å². The minimum atomic E-state index is -0.811. The van der Waals surface area contributed by atoms with E-state index in [1.807, 2.05) is 13.8 Å². The number of ether oxygens (including phenoxy) is 3. The predicted octanol–water partition coefficient (Wildman–Crippen LogP) is 8.01. The number of unbranched alkanes of at least 4 members (excludes halogenated alkanes) is 13. The van der Waals surface area contributed by atoms with Crippen LogP contribution in [-0.4, -0.2) is 25.8 Å². The van der Waals surface area contributed by atoms with Gasteiger partial charge in [0.25, 0.3) is 5.97 Å². The third kappa shape index (κ3) is 16.5. The van der Waals surface area contributed by atoms with Crippen LogP contribution in [0.1, 0.15) is 130 Å². The van der Waals surface area contributed by atoms with Crippen molar-refractivity contribution in [3.63, 3.8) is 0 Å². The second kappa shape index (κ2) is 20.6. The van der Waals surface area contributed by atoms with Gasteiger partial charge in [-0.25, -0.2) is 0 Å². The largest absolute Gasteiger partial charge is 0.328 e. The van der Waals surface area contributed by atoms with Crippen molar-refractivity contribution in [2.45, 2.75) is 136 Å². The third-order valence-corrected chi connectivity index (χ3v) is 5.13. The summed E-state index contributed by atoms with van der Waals surface area (Å²) in [5.41, 5.74) is 0. The first kappa shape index (κ1) is 26.9. The molecule has 0 atom stereocenters. The molecule has 0 aromatic heterocycles. The Morgan fingerprint density at radius 3 is 1.30 bits per heavy atom. The fourth-order valence-corrected chi connectivity index (χ4v) is 3.54. The molecule has 3 heteroatoms. The number of rotatable bonds is 22. The Bertz CT molecular complexity index is 275. The fourth-order valence-electron chi connectivity index (χ4n) is 3.54. The molecule has 3 nitrogen and oxygen atoms in total. The van der Waals surface area contributed by atoms with Crippen LogP contribution in [0.25, 0.3) is 0 Å². The molecule has 0 radical (unpaired) electrons. The molecule has 0 amide bonds. The highest BCUT2D eigenvalue weighted by Gasteiger charge is 2.32. The minimum Gasteiger partial charge on any atom is -0.328 e. The SMILES string of the molecule is CCCCCCCCCCOC(CCCCCCCCC)(OCC)OCC. The van der Waals surface area contributed by atoms with Crippen LogP contribution >= 0.6 is 0 Å². The van der Waals surface area contributed by atoms with Crippen LogP contribution in [-0.2, 0) is 14.2 Å². The Hall–Kier alpha value is -0.120. The molecule has 0 N–H and O–H groups in total. The summed E-state index contributed by atoms with van der Waals surface area (Å²) in [6, 6.07) is 0. The average Bonchev–Trinajstić information content (AvgIpc) is 2.66. The van der Waals surface area contributed by atoms with Crippen molar-refractivity contribution in [1.82, 2.24) is 0 Å². The first-order chi connectivity index (χ1) is 13.2. The number of hydrogen-bond donors (Lipinski definition) is 0. The van der Waals surface area contributed by atoms with E-state index in [9.17, 15) is 0 Å². The highest BCUT2D eigenvalue weighted by Crippen LogP contribution is 2.25. The summed E-state index contributed by atoms with van der Waals surface area (Å²) in [5.74, 6) is -0.811. The van der Waals surface area contributed by atoms with Crippen LogP contribution in [0.3, 0.4) is 0 Å². The lowest BCUT2D eigenvalue weighted by Gasteiger charge is -2.33. The van der Waals surface area contributed by atoms with Gasteiger partial charge in [0.1, 0.15) is 0 Å². The molecular weight excluding hydrogens is 336 g/mol. The van der Waals surface area contributed by atoms with E-state index in [0.717, 1.165) is 25.9 Å². The van der Waals surface area contributed by atoms with Crippen molar-refractivity contribution in [2.24, 2.45) is 0 Å². The van der Waals surface area contributed by atoms with Crippen molar-refractivity contribution in [1.29, 1.82) is 0 Å². The van der Waals surface area contributed by atoms with Crippen molar-refractivity contribution < 1.29 is 14.2 Å². The molecule has 0 aromatic rings. The van der Waals surface area contributed by atoms with Crippen molar-refractivity contribution >= 4 is 0 Å². The minimum absolute atomic E-state index is 0.633. The molecule has 0 aromatic carbocycles. The van der Waals surface area contributed by atoms with E-state index in [0.29, 0.717) is 13.2 Å². The van der Waals surface area contributed by atoms with E-state index in [1.54, 1.807) is 0 Å². The lowest BCUT2D eigenvalue weighted by molar-refractivity contribution is -0.381.